The largest absolute Gasteiger partial charge is 0.350 e. The summed E-state index contributed by atoms with van der Waals surface area (Å²) in [4.78, 5) is 15.6. The Bertz CT molecular complexity index is 531. The van der Waals surface area contributed by atoms with Gasteiger partial charge in [-0.15, -0.1) is 0 Å². The van der Waals surface area contributed by atoms with Gasteiger partial charge in [-0.1, -0.05) is 0 Å². The molecular weight excluding hydrogens is 322 g/mol. The third kappa shape index (κ3) is 4.04. The van der Waals surface area contributed by atoms with Crippen LogP contribution in [0.4, 0.5) is 0 Å². The number of nitrogens with one attached hydrogen (secondary N) is 1. The molecule has 0 bridgehead atoms. The molecule has 1 rings (SSSR count). The van der Waals surface area contributed by atoms with Gasteiger partial charge in [0, 0.05) is 31.3 Å². The minimum Gasteiger partial charge on any atom is -0.350 e. The molecule has 6 nitrogen and oxygen atoms in total. The average Bonchev–Trinajstić information content (AvgIpc) is 2.29. The van der Waals surface area contributed by atoms with Gasteiger partial charge in [0.15, 0.2) is 0 Å². The van der Waals surface area contributed by atoms with Gasteiger partial charge >= 0.3 is 0 Å². The van der Waals surface area contributed by atoms with Crippen LogP contribution in [-0.2, 0) is 10.0 Å². The number of hydrogen-bond donors (Lipinski definition) is 1. The second-order valence-electron chi connectivity index (χ2n) is 3.69. The molecule has 8 heteroatoms. The molecule has 0 radical (unpaired) electrons. The van der Waals surface area contributed by atoms with Crippen LogP contribution >= 0.6 is 15.9 Å². The SMILES string of the molecule is CN(C)S(=O)(=O)CCNC(=O)c1ncccc1Br. The maximum Gasteiger partial charge on any atom is 0.271 e. The minimum atomic E-state index is -3.30. The number of sulfonamides is 1. The van der Waals surface area contributed by atoms with Crippen molar-refractivity contribution in [2.45, 2.75) is 0 Å². The first-order valence-electron chi connectivity index (χ1n) is 5.13. The predicted octanol–water partition coefficient (Wildman–Crippen LogP) is 0.465. The molecule has 0 aliphatic heterocycles. The Kier molecular flexibility index (Phi) is 5.24. The van der Waals surface area contributed by atoms with Gasteiger partial charge in [0.1, 0.15) is 5.69 Å². The fourth-order valence-corrected chi connectivity index (χ4v) is 2.27. The number of pyridine rings is 1. The zero-order valence-electron chi connectivity index (χ0n) is 10.1. The Morgan fingerprint density at radius 3 is 2.72 bits per heavy atom. The lowest BCUT2D eigenvalue weighted by molar-refractivity contribution is 0.0950. The monoisotopic (exact) mass is 335 g/mol. The molecule has 18 heavy (non-hydrogen) atoms. The van der Waals surface area contributed by atoms with E-state index in [1.54, 1.807) is 12.1 Å². The van der Waals surface area contributed by atoms with Crippen LogP contribution < -0.4 is 5.32 Å². The van der Waals surface area contributed by atoms with Gasteiger partial charge in [-0.3, -0.25) is 4.79 Å². The van der Waals surface area contributed by atoms with E-state index >= 15 is 0 Å². The van der Waals surface area contributed by atoms with Gasteiger partial charge in [0.05, 0.1) is 5.75 Å². The number of halogens is 1. The predicted molar refractivity (Wildman–Crippen MR) is 71.7 cm³/mol. The fraction of sp³-hybridized carbons (Fsp3) is 0.400. The average molecular weight is 336 g/mol. The van der Waals surface area contributed by atoms with Crippen molar-refractivity contribution in [1.29, 1.82) is 0 Å². The molecule has 0 saturated heterocycles. The highest BCUT2D eigenvalue weighted by Crippen LogP contribution is 2.12. The maximum absolute atomic E-state index is 11.7. The van der Waals surface area contributed by atoms with Crippen LogP contribution in [0.3, 0.4) is 0 Å². The smallest absolute Gasteiger partial charge is 0.271 e. The summed E-state index contributed by atoms with van der Waals surface area (Å²) in [5.74, 6) is -0.549. The summed E-state index contributed by atoms with van der Waals surface area (Å²) in [6.07, 6.45) is 1.50. The summed E-state index contributed by atoms with van der Waals surface area (Å²) in [6, 6.07) is 3.38. The second kappa shape index (κ2) is 6.26. The number of aromatic nitrogens is 1. The number of rotatable bonds is 5. The van der Waals surface area contributed by atoms with E-state index in [1.807, 2.05) is 0 Å². The van der Waals surface area contributed by atoms with Gasteiger partial charge in [-0.25, -0.2) is 17.7 Å². The van der Waals surface area contributed by atoms with Crippen molar-refractivity contribution in [3.63, 3.8) is 0 Å². The molecule has 0 aromatic carbocycles. The highest BCUT2D eigenvalue weighted by atomic mass is 79.9. The molecule has 100 valence electrons. The van der Waals surface area contributed by atoms with Crippen LogP contribution in [0.15, 0.2) is 22.8 Å². The normalized spacial score (nSPS) is 11.6. The van der Waals surface area contributed by atoms with Crippen molar-refractivity contribution in [3.05, 3.63) is 28.5 Å². The van der Waals surface area contributed by atoms with Gasteiger partial charge in [-0.05, 0) is 28.1 Å². The molecule has 0 saturated carbocycles. The zero-order valence-corrected chi connectivity index (χ0v) is 12.5. The number of carbonyl (C=O) groups excluding carboxylic acids is 1. The summed E-state index contributed by atoms with van der Waals surface area (Å²) in [5, 5.41) is 2.51. The molecule has 0 aliphatic rings. The van der Waals surface area contributed by atoms with Crippen LogP contribution in [-0.4, -0.2) is 50.0 Å². The molecule has 0 spiro atoms. The number of nitrogens with zero attached hydrogens (tertiary/aromatic N) is 2. The first-order valence-corrected chi connectivity index (χ1v) is 7.53. The number of amides is 1. The molecule has 1 aromatic heterocycles. The zero-order chi connectivity index (χ0) is 13.8. The van der Waals surface area contributed by atoms with E-state index in [1.165, 1.54) is 20.3 Å². The lowest BCUT2D eigenvalue weighted by atomic mass is 10.3. The Hall–Kier alpha value is -0.990. The number of hydrogen-bond acceptors (Lipinski definition) is 4. The summed E-state index contributed by atoms with van der Waals surface area (Å²) in [7, 11) is -0.398. The van der Waals surface area contributed by atoms with Crippen LogP contribution in [0, 0.1) is 0 Å². The Balaban J connectivity index is 2.56. The van der Waals surface area contributed by atoms with E-state index in [2.05, 4.69) is 26.2 Å². The van der Waals surface area contributed by atoms with Gasteiger partial charge in [0.25, 0.3) is 5.91 Å². The molecular formula is C10H14BrN3O3S. The first-order chi connectivity index (χ1) is 8.34. The molecule has 0 aliphatic carbocycles. The molecule has 1 amide bonds. The first kappa shape index (κ1) is 15.1. The fourth-order valence-electron chi connectivity index (χ4n) is 1.11. The summed E-state index contributed by atoms with van der Waals surface area (Å²) >= 11 is 3.20. The third-order valence-electron chi connectivity index (χ3n) is 2.18. The highest BCUT2D eigenvalue weighted by Gasteiger charge is 2.15. The maximum atomic E-state index is 11.7. The van der Waals surface area contributed by atoms with E-state index in [9.17, 15) is 13.2 Å². The molecule has 1 heterocycles. The van der Waals surface area contributed by atoms with Crippen molar-refractivity contribution in [3.8, 4) is 0 Å². The topological polar surface area (TPSA) is 79.4 Å². The van der Waals surface area contributed by atoms with E-state index in [0.29, 0.717) is 4.47 Å². The second-order valence-corrected chi connectivity index (χ2v) is 6.84. The summed E-state index contributed by atoms with van der Waals surface area (Å²) in [6.45, 7) is 0.0440. The van der Waals surface area contributed by atoms with Crippen LogP contribution in [0.5, 0.6) is 0 Å². The van der Waals surface area contributed by atoms with Crippen LogP contribution in [0.25, 0.3) is 0 Å². The van der Waals surface area contributed by atoms with Crippen molar-refractivity contribution >= 4 is 31.9 Å². The molecule has 0 unspecified atom stereocenters. The van der Waals surface area contributed by atoms with Crippen LogP contribution in [0.2, 0.25) is 0 Å². The van der Waals surface area contributed by atoms with Crippen molar-refractivity contribution in [1.82, 2.24) is 14.6 Å². The van der Waals surface area contributed by atoms with Crippen LogP contribution in [0.1, 0.15) is 10.5 Å². The molecule has 1 N–H and O–H groups in total. The molecule has 0 atom stereocenters. The van der Waals surface area contributed by atoms with E-state index < -0.39 is 15.9 Å². The van der Waals surface area contributed by atoms with Crippen molar-refractivity contribution in [2.75, 3.05) is 26.4 Å². The lowest BCUT2D eigenvalue weighted by Crippen LogP contribution is -2.34. The minimum absolute atomic E-state index is 0.0440. The van der Waals surface area contributed by atoms with E-state index in [0.717, 1.165) is 4.31 Å². The van der Waals surface area contributed by atoms with Gasteiger partial charge < -0.3 is 5.32 Å². The van der Waals surface area contributed by atoms with E-state index in [4.69, 9.17) is 0 Å². The Morgan fingerprint density at radius 2 is 2.17 bits per heavy atom. The van der Waals surface area contributed by atoms with Gasteiger partial charge in [-0.2, -0.15) is 0 Å². The van der Waals surface area contributed by atoms with Crippen molar-refractivity contribution < 1.29 is 13.2 Å². The van der Waals surface area contributed by atoms with E-state index in [-0.39, 0.29) is 18.0 Å². The standard InChI is InChI=1S/C10H14BrN3O3S/c1-14(2)18(16,17)7-6-13-10(15)9-8(11)4-3-5-12-9/h3-5H,6-7H2,1-2H3,(H,13,15). The quantitative estimate of drug-likeness (QED) is 0.848. The summed E-state index contributed by atoms with van der Waals surface area (Å²) in [5.41, 5.74) is 0.236. The molecule has 0 fully saturated rings. The molecule has 1 aromatic rings. The summed E-state index contributed by atoms with van der Waals surface area (Å²) < 4.78 is 24.6. The number of carbonyl (C=O) groups is 1. The van der Waals surface area contributed by atoms with Gasteiger partial charge in [0.2, 0.25) is 10.0 Å². The highest BCUT2D eigenvalue weighted by molar-refractivity contribution is 9.10. The van der Waals surface area contributed by atoms with Crippen molar-refractivity contribution in [2.24, 2.45) is 0 Å². The lowest BCUT2D eigenvalue weighted by Gasteiger charge is -2.11. The Labute approximate surface area is 115 Å². The Morgan fingerprint density at radius 1 is 1.50 bits per heavy atom. The third-order valence-corrected chi connectivity index (χ3v) is 4.65.